The number of aliphatic hydroxyl groups excluding tert-OH is 2. The maximum Gasteiger partial charge on any atom is 0.239 e. The number of aliphatic hydroxyl groups is 2. The van der Waals surface area contributed by atoms with Crippen LogP contribution in [-0.2, 0) is 32.3 Å². The van der Waals surface area contributed by atoms with Gasteiger partial charge in [-0.2, -0.15) is 0 Å². The molecule has 0 radical (unpaired) electrons. The molecular formula is C51H63N3O10. The SMILES string of the molecule is C=CCO[C@@]12Oc3ccc(OCc4cccc(C)n4)cc3[C@H]3[C@H](CCCCO)[C@@H](CCCCO)C=C(C(=NOC4CCCCO4)C[C@@H]1N(Cc1ccc4c(c1)OCO4)C(=O)C1CC1)[C@H]32. The molecule has 64 heavy (non-hydrogen) atoms. The number of pyridine rings is 1. The van der Waals surface area contributed by atoms with Crippen LogP contribution in [0.4, 0.5) is 0 Å². The minimum atomic E-state index is -1.38. The van der Waals surface area contributed by atoms with Crippen LogP contribution in [-0.4, -0.2) is 83.1 Å². The molecule has 1 amide bonds. The zero-order valence-corrected chi connectivity index (χ0v) is 37.0. The highest BCUT2D eigenvalue weighted by Gasteiger charge is 2.66. The first kappa shape index (κ1) is 44.3. The molecule has 2 aromatic carbocycles. The number of nitrogens with zero attached hydrogens (tertiary/aromatic N) is 3. The van der Waals surface area contributed by atoms with Gasteiger partial charge in [0.25, 0.3) is 0 Å². The maximum absolute atomic E-state index is 15.0. The number of allylic oxidation sites excluding steroid dienone is 1. The minimum Gasteiger partial charge on any atom is -0.487 e. The summed E-state index contributed by atoms with van der Waals surface area (Å²) in [5.41, 5.74) is 5.38. The lowest BCUT2D eigenvalue weighted by Crippen LogP contribution is -2.70. The van der Waals surface area contributed by atoms with Crippen molar-refractivity contribution in [1.29, 1.82) is 0 Å². The second-order valence-corrected chi connectivity index (χ2v) is 18.2. The molecule has 13 nitrogen and oxygen atoms in total. The van der Waals surface area contributed by atoms with Crippen LogP contribution in [0.1, 0.15) is 105 Å². The normalized spacial score (nSPS) is 27.2. The Bertz CT molecular complexity index is 2180. The highest BCUT2D eigenvalue weighted by molar-refractivity contribution is 6.03. The van der Waals surface area contributed by atoms with Crippen molar-refractivity contribution in [3.05, 3.63) is 101 Å². The first-order valence-electron chi connectivity index (χ1n) is 23.5. The van der Waals surface area contributed by atoms with Gasteiger partial charge in [0.1, 0.15) is 24.1 Å². The van der Waals surface area contributed by atoms with Crippen LogP contribution in [0.2, 0.25) is 0 Å². The van der Waals surface area contributed by atoms with Crippen molar-refractivity contribution in [2.45, 2.75) is 121 Å². The largest absolute Gasteiger partial charge is 0.487 e. The molecule has 9 rings (SSSR count). The van der Waals surface area contributed by atoms with Gasteiger partial charge in [0, 0.05) is 55.7 Å². The zero-order valence-electron chi connectivity index (χ0n) is 37.0. The van der Waals surface area contributed by atoms with Gasteiger partial charge in [0.15, 0.2) is 11.5 Å². The number of rotatable bonds is 20. The summed E-state index contributed by atoms with van der Waals surface area (Å²) >= 11 is 0. The average Bonchev–Trinajstić information content (AvgIpc) is 4.07. The predicted octanol–water partition coefficient (Wildman–Crippen LogP) is 8.30. The molecule has 6 aliphatic rings. The lowest BCUT2D eigenvalue weighted by Gasteiger charge is -2.60. The van der Waals surface area contributed by atoms with Crippen molar-refractivity contribution in [3.63, 3.8) is 0 Å². The van der Waals surface area contributed by atoms with Crippen molar-refractivity contribution in [2.24, 2.45) is 28.8 Å². The molecule has 7 atom stereocenters. The first-order chi connectivity index (χ1) is 31.4. The number of benzene rings is 2. The van der Waals surface area contributed by atoms with E-state index in [9.17, 15) is 15.0 Å². The van der Waals surface area contributed by atoms with E-state index in [0.29, 0.717) is 55.5 Å². The maximum atomic E-state index is 15.0. The molecule has 13 heteroatoms. The van der Waals surface area contributed by atoms with Gasteiger partial charge in [-0.3, -0.25) is 9.78 Å². The van der Waals surface area contributed by atoms with Crippen molar-refractivity contribution >= 4 is 11.6 Å². The summed E-state index contributed by atoms with van der Waals surface area (Å²) in [6.45, 7) is 7.81. The molecular weight excluding hydrogens is 815 g/mol. The van der Waals surface area contributed by atoms with Gasteiger partial charge in [0.05, 0.1) is 30.5 Å². The lowest BCUT2D eigenvalue weighted by molar-refractivity contribution is -0.258. The quantitative estimate of drug-likeness (QED) is 0.0641. The summed E-state index contributed by atoms with van der Waals surface area (Å²) in [4.78, 5) is 28.0. The fourth-order valence-electron chi connectivity index (χ4n) is 10.6. The number of amides is 1. The molecule has 3 aliphatic heterocycles. The van der Waals surface area contributed by atoms with Crippen LogP contribution in [0.5, 0.6) is 23.0 Å². The number of aryl methyl sites for hydroxylation is 1. The van der Waals surface area contributed by atoms with E-state index in [0.717, 1.165) is 91.6 Å². The van der Waals surface area contributed by atoms with E-state index in [2.05, 4.69) is 23.7 Å². The number of hydrogen-bond acceptors (Lipinski definition) is 12. The Morgan fingerprint density at radius 2 is 1.81 bits per heavy atom. The topological polar surface area (TPSA) is 151 Å². The van der Waals surface area contributed by atoms with Crippen LogP contribution in [0.3, 0.4) is 0 Å². The zero-order chi connectivity index (χ0) is 44.0. The Morgan fingerprint density at radius 3 is 2.59 bits per heavy atom. The first-order valence-corrected chi connectivity index (χ1v) is 23.5. The van der Waals surface area contributed by atoms with Crippen molar-refractivity contribution in [3.8, 4) is 23.0 Å². The number of hydrogen-bond donors (Lipinski definition) is 2. The fraction of sp³-hybridized carbons (Fsp3) is 0.549. The van der Waals surface area contributed by atoms with Crippen molar-refractivity contribution < 1.29 is 48.3 Å². The third kappa shape index (κ3) is 9.40. The molecule has 0 bridgehead atoms. The Balaban J connectivity index is 1.21. The molecule has 3 aliphatic carbocycles. The van der Waals surface area contributed by atoms with Crippen LogP contribution in [0, 0.1) is 30.6 Å². The lowest BCUT2D eigenvalue weighted by atomic mass is 9.55. The Morgan fingerprint density at radius 1 is 0.984 bits per heavy atom. The average molecular weight is 878 g/mol. The van der Waals surface area contributed by atoms with Crippen LogP contribution < -0.4 is 18.9 Å². The second kappa shape index (κ2) is 20.1. The summed E-state index contributed by atoms with van der Waals surface area (Å²) in [5, 5.41) is 25.0. The number of ether oxygens (including phenoxy) is 6. The van der Waals surface area contributed by atoms with E-state index in [-0.39, 0.29) is 62.7 Å². The standard InChI is InChI=1S/C51H63N3O10/c1-3-24-62-51-46(54(50(57)35-17-18-35)30-34-16-20-44-45(26-34)61-32-60-44)29-42(53-64-47-15-6-9-25-58-47)40-27-36(12-4-7-22-55)39(14-5-8-23-56)48(49(40)51)41-28-38(19-21-43(41)63-51)59-31-37-13-10-11-33(2)52-37/h3,10-11,13,16,19-21,26-28,35-36,39,46-49,55-56H,1,4-9,12,14-15,17-18,22-25,29-32H2,2H3/t36-,39+,46-,47?,48+,49+,51+/m0/s1. The number of carbonyl (C=O) groups excluding carboxylic acids is 1. The molecule has 2 saturated carbocycles. The van der Waals surface area contributed by atoms with Gasteiger partial charge in [-0.25, -0.2) is 0 Å². The molecule has 1 saturated heterocycles. The van der Waals surface area contributed by atoms with E-state index in [1.165, 1.54) is 0 Å². The van der Waals surface area contributed by atoms with Gasteiger partial charge in [-0.1, -0.05) is 42.3 Å². The summed E-state index contributed by atoms with van der Waals surface area (Å²) in [5.74, 6) is 0.788. The molecule has 2 N–H and O–H groups in total. The number of oxime groups is 1. The van der Waals surface area contributed by atoms with E-state index >= 15 is 0 Å². The molecule has 3 aromatic rings. The number of carbonyl (C=O) groups is 1. The molecule has 0 spiro atoms. The summed E-state index contributed by atoms with van der Waals surface area (Å²) in [6, 6.07) is 17.2. The summed E-state index contributed by atoms with van der Waals surface area (Å²) in [7, 11) is 0. The van der Waals surface area contributed by atoms with Gasteiger partial charge in [-0.05, 0) is 124 Å². The Labute approximate surface area is 376 Å². The second-order valence-electron chi connectivity index (χ2n) is 18.2. The van der Waals surface area contributed by atoms with E-state index in [1.807, 2.05) is 60.4 Å². The highest BCUT2D eigenvalue weighted by Crippen LogP contribution is 2.62. The van der Waals surface area contributed by atoms with Gasteiger partial charge >= 0.3 is 0 Å². The van der Waals surface area contributed by atoms with Gasteiger partial charge in [0.2, 0.25) is 24.8 Å². The number of aromatic nitrogens is 1. The van der Waals surface area contributed by atoms with Crippen LogP contribution >= 0.6 is 0 Å². The number of fused-ring (bicyclic) bond motifs is 3. The smallest absolute Gasteiger partial charge is 0.239 e. The predicted molar refractivity (Wildman–Crippen MR) is 239 cm³/mol. The van der Waals surface area contributed by atoms with Gasteiger partial charge in [-0.15, -0.1) is 6.58 Å². The monoisotopic (exact) mass is 877 g/mol. The Kier molecular flexibility index (Phi) is 13.9. The number of unbranched alkanes of at least 4 members (excludes halogenated alkanes) is 2. The van der Waals surface area contributed by atoms with Crippen LogP contribution in [0.25, 0.3) is 0 Å². The van der Waals surface area contributed by atoms with E-state index in [1.54, 1.807) is 6.08 Å². The minimum absolute atomic E-state index is 0.0456. The van der Waals surface area contributed by atoms with E-state index < -0.39 is 24.0 Å². The summed E-state index contributed by atoms with van der Waals surface area (Å²) < 4.78 is 38.7. The molecule has 4 heterocycles. The molecule has 1 unspecified atom stereocenters. The summed E-state index contributed by atoms with van der Waals surface area (Å²) in [6.07, 6.45) is 13.0. The highest BCUT2D eigenvalue weighted by atomic mass is 16.8. The third-order valence-corrected chi connectivity index (χ3v) is 13.8. The van der Waals surface area contributed by atoms with Crippen molar-refractivity contribution in [1.82, 2.24) is 9.88 Å². The fourth-order valence-corrected chi connectivity index (χ4v) is 10.6. The Hall–Kier alpha value is -4.95. The molecule has 3 fully saturated rings. The third-order valence-electron chi connectivity index (χ3n) is 13.8. The molecule has 1 aromatic heterocycles. The van der Waals surface area contributed by atoms with Crippen molar-refractivity contribution in [2.75, 3.05) is 33.2 Å². The van der Waals surface area contributed by atoms with E-state index in [4.69, 9.17) is 38.4 Å². The molecule has 342 valence electrons. The van der Waals surface area contributed by atoms with Crippen LogP contribution in [0.15, 0.2) is 84.1 Å². The van der Waals surface area contributed by atoms with Gasteiger partial charge < -0.3 is 48.4 Å².